The highest BCUT2D eigenvalue weighted by Crippen LogP contribution is 2.44. The summed E-state index contributed by atoms with van der Waals surface area (Å²) in [6, 6.07) is 68.1. The van der Waals surface area contributed by atoms with Crippen LogP contribution in [0.3, 0.4) is 0 Å². The van der Waals surface area contributed by atoms with Crippen LogP contribution in [-0.4, -0.2) is 19.5 Å². The van der Waals surface area contributed by atoms with Crippen molar-refractivity contribution in [2.24, 2.45) is 0 Å². The molecule has 270 valence electrons. The van der Waals surface area contributed by atoms with Crippen molar-refractivity contribution < 1.29 is 4.42 Å². The summed E-state index contributed by atoms with van der Waals surface area (Å²) in [6.07, 6.45) is 0. The molecule has 12 aromatic rings. The molecular formula is C53H32N4O. The van der Waals surface area contributed by atoms with Gasteiger partial charge in [0.1, 0.15) is 11.2 Å². The molecule has 0 N–H and O–H groups in total. The van der Waals surface area contributed by atoms with Crippen LogP contribution in [0.2, 0.25) is 0 Å². The molecule has 12 rings (SSSR count). The first-order chi connectivity index (χ1) is 28.7. The lowest BCUT2D eigenvalue weighted by atomic mass is 9.95. The van der Waals surface area contributed by atoms with E-state index in [1.165, 1.54) is 26.9 Å². The Balaban J connectivity index is 1.18. The Morgan fingerprint density at radius 1 is 0.345 bits per heavy atom. The van der Waals surface area contributed by atoms with Crippen molar-refractivity contribution in [2.75, 3.05) is 0 Å². The van der Waals surface area contributed by atoms with E-state index in [0.29, 0.717) is 17.5 Å². The number of furan rings is 1. The molecule has 58 heavy (non-hydrogen) atoms. The van der Waals surface area contributed by atoms with Gasteiger partial charge in [0.05, 0.1) is 16.7 Å². The first-order valence-corrected chi connectivity index (χ1v) is 19.5. The molecule has 0 saturated carbocycles. The van der Waals surface area contributed by atoms with E-state index in [2.05, 4.69) is 138 Å². The van der Waals surface area contributed by atoms with E-state index in [9.17, 15) is 0 Å². The Morgan fingerprint density at radius 3 is 1.60 bits per heavy atom. The number of benzene rings is 9. The van der Waals surface area contributed by atoms with E-state index in [4.69, 9.17) is 19.4 Å². The molecule has 9 aromatic carbocycles. The second-order valence-corrected chi connectivity index (χ2v) is 14.8. The van der Waals surface area contributed by atoms with E-state index < -0.39 is 0 Å². The summed E-state index contributed by atoms with van der Waals surface area (Å²) < 4.78 is 9.07. The smallest absolute Gasteiger partial charge is 0.164 e. The molecule has 0 radical (unpaired) electrons. The van der Waals surface area contributed by atoms with Crippen molar-refractivity contribution in [3.8, 4) is 51.0 Å². The lowest BCUT2D eigenvalue weighted by Crippen LogP contribution is -2.02. The van der Waals surface area contributed by atoms with Crippen molar-refractivity contribution >= 4 is 65.3 Å². The van der Waals surface area contributed by atoms with Gasteiger partial charge in [0.2, 0.25) is 0 Å². The van der Waals surface area contributed by atoms with E-state index in [-0.39, 0.29) is 0 Å². The first-order valence-electron chi connectivity index (χ1n) is 19.5. The van der Waals surface area contributed by atoms with Crippen LogP contribution in [0.25, 0.3) is 116 Å². The molecule has 0 saturated heterocycles. The van der Waals surface area contributed by atoms with E-state index >= 15 is 0 Å². The fourth-order valence-corrected chi connectivity index (χ4v) is 8.67. The molecule has 0 atom stereocenters. The molecule has 5 heteroatoms. The number of rotatable bonds is 5. The summed E-state index contributed by atoms with van der Waals surface area (Å²) in [7, 11) is 0. The monoisotopic (exact) mass is 740 g/mol. The molecule has 0 amide bonds. The van der Waals surface area contributed by atoms with Gasteiger partial charge in [-0.05, 0) is 81.7 Å². The van der Waals surface area contributed by atoms with Gasteiger partial charge in [-0.15, -0.1) is 0 Å². The zero-order chi connectivity index (χ0) is 38.2. The van der Waals surface area contributed by atoms with Crippen LogP contribution in [0.4, 0.5) is 0 Å². The maximum absolute atomic E-state index is 6.65. The second kappa shape index (κ2) is 12.8. The first kappa shape index (κ1) is 32.4. The van der Waals surface area contributed by atoms with Gasteiger partial charge in [-0.3, -0.25) is 0 Å². The van der Waals surface area contributed by atoms with Gasteiger partial charge in [0.15, 0.2) is 17.5 Å². The Labute approximate surface area is 333 Å². The predicted octanol–water partition coefficient (Wildman–Crippen LogP) is 13.8. The summed E-state index contributed by atoms with van der Waals surface area (Å²) in [5.41, 5.74) is 9.87. The lowest BCUT2D eigenvalue weighted by Gasteiger charge is -2.17. The normalized spacial score (nSPS) is 11.8. The van der Waals surface area contributed by atoms with Gasteiger partial charge in [-0.1, -0.05) is 140 Å². The molecule has 0 bridgehead atoms. The second-order valence-electron chi connectivity index (χ2n) is 14.8. The zero-order valence-corrected chi connectivity index (χ0v) is 31.2. The van der Waals surface area contributed by atoms with Gasteiger partial charge < -0.3 is 8.98 Å². The SMILES string of the molecule is c1ccc(-c2nc(-c3ccccc3)nc(-c3ccc(-n4c5ccccc5c5cc6ccccc6cc54)c(-c4cccc5oc6cc7ccccc7cc6c45)c3)n2)cc1. The number of fused-ring (bicyclic) bond motifs is 8. The Hall–Kier alpha value is -7.89. The standard InChI is InChI=1S/C53H32N4O/c1-3-14-33(15-4-1)51-54-52(34-16-5-2-6-17-34)56-53(55-51)39-26-27-46(57-45-24-12-11-22-40(45)42-28-35-18-7-9-20-37(35)31-47(42)57)43(30-39)41-23-13-25-48-50(41)44-29-36-19-8-10-21-38(36)32-49(44)58-48/h1-32H. The van der Waals surface area contributed by atoms with Crippen LogP contribution < -0.4 is 0 Å². The maximum Gasteiger partial charge on any atom is 0.164 e. The van der Waals surface area contributed by atoms with Gasteiger partial charge in [-0.2, -0.15) is 0 Å². The molecular weight excluding hydrogens is 709 g/mol. The van der Waals surface area contributed by atoms with Gasteiger partial charge >= 0.3 is 0 Å². The van der Waals surface area contributed by atoms with Gasteiger partial charge in [0.25, 0.3) is 0 Å². The fraction of sp³-hybridized carbons (Fsp3) is 0. The minimum atomic E-state index is 0.601. The Morgan fingerprint density at radius 2 is 0.914 bits per heavy atom. The molecule has 0 aliphatic carbocycles. The maximum atomic E-state index is 6.65. The van der Waals surface area contributed by atoms with E-state index in [1.54, 1.807) is 0 Å². The van der Waals surface area contributed by atoms with Crippen molar-refractivity contribution in [3.05, 3.63) is 194 Å². The van der Waals surface area contributed by atoms with Crippen LogP contribution >= 0.6 is 0 Å². The molecule has 0 aliphatic heterocycles. The summed E-state index contributed by atoms with van der Waals surface area (Å²) in [4.78, 5) is 15.3. The molecule has 0 spiro atoms. The number of para-hydroxylation sites is 1. The fourth-order valence-electron chi connectivity index (χ4n) is 8.67. The largest absolute Gasteiger partial charge is 0.456 e. The van der Waals surface area contributed by atoms with E-state index in [1.807, 2.05) is 60.7 Å². The number of hydrogen-bond acceptors (Lipinski definition) is 4. The summed E-state index contributed by atoms with van der Waals surface area (Å²) >= 11 is 0. The van der Waals surface area contributed by atoms with Crippen molar-refractivity contribution in [2.45, 2.75) is 0 Å². The topological polar surface area (TPSA) is 56.7 Å². The third-order valence-electron chi connectivity index (χ3n) is 11.4. The summed E-state index contributed by atoms with van der Waals surface area (Å²) in [5, 5.41) is 9.28. The third-order valence-corrected chi connectivity index (χ3v) is 11.4. The van der Waals surface area contributed by atoms with Crippen LogP contribution in [0, 0.1) is 0 Å². The molecule has 5 nitrogen and oxygen atoms in total. The highest BCUT2D eigenvalue weighted by atomic mass is 16.3. The third kappa shape index (κ3) is 5.14. The lowest BCUT2D eigenvalue weighted by molar-refractivity contribution is 0.669. The highest BCUT2D eigenvalue weighted by Gasteiger charge is 2.22. The van der Waals surface area contributed by atoms with Gasteiger partial charge in [0, 0.05) is 43.8 Å². The zero-order valence-electron chi connectivity index (χ0n) is 31.2. The number of hydrogen-bond donors (Lipinski definition) is 0. The van der Waals surface area contributed by atoms with Crippen LogP contribution in [-0.2, 0) is 0 Å². The predicted molar refractivity (Wildman–Crippen MR) is 238 cm³/mol. The Bertz CT molecular complexity index is 3510. The summed E-state index contributed by atoms with van der Waals surface area (Å²) in [5.74, 6) is 1.85. The van der Waals surface area contributed by atoms with Crippen molar-refractivity contribution in [1.82, 2.24) is 19.5 Å². The van der Waals surface area contributed by atoms with Crippen LogP contribution in [0.15, 0.2) is 199 Å². The summed E-state index contributed by atoms with van der Waals surface area (Å²) in [6.45, 7) is 0. The average molecular weight is 741 g/mol. The number of nitrogens with zero attached hydrogens (tertiary/aromatic N) is 4. The quantitative estimate of drug-likeness (QED) is 0.176. The minimum Gasteiger partial charge on any atom is -0.456 e. The molecule has 3 aromatic heterocycles. The van der Waals surface area contributed by atoms with Crippen molar-refractivity contribution in [3.63, 3.8) is 0 Å². The van der Waals surface area contributed by atoms with Gasteiger partial charge in [-0.25, -0.2) is 15.0 Å². The van der Waals surface area contributed by atoms with Crippen LogP contribution in [0.1, 0.15) is 0 Å². The highest BCUT2D eigenvalue weighted by molar-refractivity contribution is 6.18. The van der Waals surface area contributed by atoms with Crippen molar-refractivity contribution in [1.29, 1.82) is 0 Å². The molecule has 3 heterocycles. The van der Waals surface area contributed by atoms with Crippen LogP contribution in [0.5, 0.6) is 0 Å². The average Bonchev–Trinajstić information content (AvgIpc) is 3.82. The number of aromatic nitrogens is 4. The van der Waals surface area contributed by atoms with E-state index in [0.717, 1.165) is 71.9 Å². The molecule has 0 unspecified atom stereocenters. The minimum absolute atomic E-state index is 0.601. The Kier molecular flexibility index (Phi) is 7.16. The molecule has 0 aliphatic rings. The molecule has 0 fully saturated rings.